The lowest BCUT2D eigenvalue weighted by molar-refractivity contribution is -0.137. The van der Waals surface area contributed by atoms with Gasteiger partial charge in [-0.1, -0.05) is 30.3 Å². The van der Waals surface area contributed by atoms with Gasteiger partial charge in [0, 0.05) is 13.1 Å². The summed E-state index contributed by atoms with van der Waals surface area (Å²) in [6.07, 6.45) is -0.248. The minimum absolute atomic E-state index is 0.0495. The third-order valence-electron chi connectivity index (χ3n) is 3.08. The number of carbonyl (C=O) groups is 2. The van der Waals surface area contributed by atoms with Crippen LogP contribution in [0.5, 0.6) is 0 Å². The number of nitrogens with zero attached hydrogens (tertiary/aromatic N) is 2. The zero-order chi connectivity index (χ0) is 16.1. The lowest BCUT2D eigenvalue weighted by atomic mass is 10.0. The highest BCUT2D eigenvalue weighted by Gasteiger charge is 2.19. The second kappa shape index (κ2) is 6.66. The molecule has 0 unspecified atom stereocenters. The number of hydrogen-bond acceptors (Lipinski definition) is 4. The van der Waals surface area contributed by atoms with Crippen molar-refractivity contribution in [1.29, 1.82) is 0 Å². The average Bonchev–Trinajstić information content (AvgIpc) is 2.49. The minimum atomic E-state index is -1.03. The zero-order valence-electron chi connectivity index (χ0n) is 11.9. The number of carboxylic acid groups (broad SMARTS) is 1. The topological polar surface area (TPSA) is 101 Å². The van der Waals surface area contributed by atoms with Crippen LogP contribution in [0.3, 0.4) is 0 Å². The normalized spacial score (nSPS) is 11.7. The zero-order valence-corrected chi connectivity index (χ0v) is 11.9. The van der Waals surface area contributed by atoms with Crippen molar-refractivity contribution in [2.24, 2.45) is 7.05 Å². The van der Waals surface area contributed by atoms with Crippen LogP contribution < -0.4 is 10.9 Å². The Kier molecular flexibility index (Phi) is 4.67. The van der Waals surface area contributed by atoms with E-state index in [1.807, 2.05) is 0 Å². The van der Waals surface area contributed by atoms with E-state index in [-0.39, 0.29) is 17.7 Å². The highest BCUT2D eigenvalue weighted by molar-refractivity contribution is 5.92. The van der Waals surface area contributed by atoms with E-state index in [4.69, 9.17) is 5.11 Å². The molecule has 0 radical (unpaired) electrons. The van der Waals surface area contributed by atoms with Crippen LogP contribution in [0.15, 0.2) is 47.3 Å². The van der Waals surface area contributed by atoms with Crippen LogP contribution in [0.4, 0.5) is 0 Å². The smallest absolute Gasteiger partial charge is 0.305 e. The molecule has 1 aromatic heterocycles. The number of benzene rings is 1. The van der Waals surface area contributed by atoms with E-state index in [0.717, 1.165) is 4.68 Å². The van der Waals surface area contributed by atoms with Crippen LogP contribution in [0, 0.1) is 0 Å². The molecule has 0 aliphatic rings. The maximum Gasteiger partial charge on any atom is 0.305 e. The van der Waals surface area contributed by atoms with Gasteiger partial charge in [0.1, 0.15) is 5.69 Å². The van der Waals surface area contributed by atoms with Gasteiger partial charge in [-0.05, 0) is 11.6 Å². The van der Waals surface area contributed by atoms with Crippen LogP contribution in [-0.4, -0.2) is 26.8 Å². The van der Waals surface area contributed by atoms with Gasteiger partial charge < -0.3 is 10.4 Å². The first-order valence-corrected chi connectivity index (χ1v) is 6.59. The molecule has 0 aliphatic heterocycles. The number of aliphatic carboxylic acids is 1. The fraction of sp³-hybridized carbons (Fsp3) is 0.200. The molecule has 22 heavy (non-hydrogen) atoms. The van der Waals surface area contributed by atoms with Crippen molar-refractivity contribution in [2.75, 3.05) is 0 Å². The molecule has 0 saturated carbocycles. The van der Waals surface area contributed by atoms with E-state index < -0.39 is 17.9 Å². The molecule has 1 amide bonds. The number of carboxylic acids is 1. The molecule has 114 valence electrons. The Morgan fingerprint density at radius 3 is 2.50 bits per heavy atom. The van der Waals surface area contributed by atoms with Crippen LogP contribution in [0.25, 0.3) is 0 Å². The van der Waals surface area contributed by atoms with Gasteiger partial charge in [-0.3, -0.25) is 14.4 Å². The number of hydrogen-bond donors (Lipinski definition) is 2. The van der Waals surface area contributed by atoms with E-state index in [1.165, 1.54) is 19.2 Å². The van der Waals surface area contributed by atoms with Crippen molar-refractivity contribution >= 4 is 11.9 Å². The Morgan fingerprint density at radius 2 is 1.91 bits per heavy atom. The molecule has 1 heterocycles. The molecular formula is C15H15N3O4. The monoisotopic (exact) mass is 301 g/mol. The molecule has 7 heteroatoms. The quantitative estimate of drug-likeness (QED) is 0.847. The van der Waals surface area contributed by atoms with E-state index >= 15 is 0 Å². The van der Waals surface area contributed by atoms with Crippen LogP contribution in [0.1, 0.15) is 28.5 Å². The molecule has 7 nitrogen and oxygen atoms in total. The van der Waals surface area contributed by atoms with Gasteiger partial charge >= 0.3 is 5.97 Å². The van der Waals surface area contributed by atoms with E-state index in [1.54, 1.807) is 30.3 Å². The summed E-state index contributed by atoms with van der Waals surface area (Å²) >= 11 is 0. The maximum absolute atomic E-state index is 12.2. The van der Waals surface area contributed by atoms with E-state index in [9.17, 15) is 14.4 Å². The lowest BCUT2D eigenvalue weighted by Gasteiger charge is -2.17. The predicted octanol–water partition coefficient (Wildman–Crippen LogP) is 0.726. The molecule has 1 aromatic carbocycles. The fourth-order valence-electron chi connectivity index (χ4n) is 1.97. The first-order chi connectivity index (χ1) is 10.5. The number of aryl methyl sites for hydroxylation is 1. The Labute approximate surface area is 126 Å². The number of amides is 1. The lowest BCUT2D eigenvalue weighted by Crippen LogP contribution is -2.32. The van der Waals surface area contributed by atoms with Gasteiger partial charge in [-0.25, -0.2) is 4.68 Å². The number of nitrogens with one attached hydrogen (secondary N) is 1. The highest BCUT2D eigenvalue weighted by atomic mass is 16.4. The van der Waals surface area contributed by atoms with Crippen molar-refractivity contribution in [3.05, 3.63) is 64.1 Å². The van der Waals surface area contributed by atoms with Crippen molar-refractivity contribution in [3.63, 3.8) is 0 Å². The van der Waals surface area contributed by atoms with Crippen LogP contribution in [0.2, 0.25) is 0 Å². The van der Waals surface area contributed by atoms with Gasteiger partial charge in [0.25, 0.3) is 11.5 Å². The molecule has 0 aliphatic carbocycles. The minimum Gasteiger partial charge on any atom is -0.481 e. The Hall–Kier alpha value is -2.96. The third-order valence-corrected chi connectivity index (χ3v) is 3.08. The van der Waals surface area contributed by atoms with Crippen molar-refractivity contribution in [2.45, 2.75) is 12.5 Å². The summed E-state index contributed by atoms with van der Waals surface area (Å²) < 4.78 is 1.05. The first-order valence-electron chi connectivity index (χ1n) is 6.59. The summed E-state index contributed by atoms with van der Waals surface area (Å²) in [7, 11) is 1.44. The molecule has 2 N–H and O–H groups in total. The number of carbonyl (C=O) groups excluding carboxylic acids is 1. The average molecular weight is 301 g/mol. The van der Waals surface area contributed by atoms with E-state index in [2.05, 4.69) is 10.4 Å². The molecule has 2 rings (SSSR count). The van der Waals surface area contributed by atoms with Gasteiger partial charge in [0.15, 0.2) is 0 Å². The molecule has 0 bridgehead atoms. The summed E-state index contributed by atoms with van der Waals surface area (Å²) in [6, 6.07) is 10.7. The molecular weight excluding hydrogens is 286 g/mol. The fourth-order valence-corrected chi connectivity index (χ4v) is 1.97. The van der Waals surface area contributed by atoms with Gasteiger partial charge in [0.05, 0.1) is 12.5 Å². The predicted molar refractivity (Wildman–Crippen MR) is 78.4 cm³/mol. The third kappa shape index (κ3) is 3.78. The van der Waals surface area contributed by atoms with Crippen molar-refractivity contribution in [1.82, 2.24) is 15.1 Å². The largest absolute Gasteiger partial charge is 0.481 e. The number of rotatable bonds is 5. The number of aromatic nitrogens is 2. The molecule has 2 aromatic rings. The van der Waals surface area contributed by atoms with Crippen LogP contribution >= 0.6 is 0 Å². The second-order valence-electron chi connectivity index (χ2n) is 4.72. The summed E-state index contributed by atoms with van der Waals surface area (Å²) in [5.41, 5.74) is 0.401. The van der Waals surface area contributed by atoms with E-state index in [0.29, 0.717) is 5.56 Å². The first kappa shape index (κ1) is 15.4. The Morgan fingerprint density at radius 1 is 1.23 bits per heavy atom. The molecule has 0 saturated heterocycles. The molecule has 0 spiro atoms. The summed E-state index contributed by atoms with van der Waals surface area (Å²) in [4.78, 5) is 34.5. The maximum atomic E-state index is 12.2. The van der Waals surface area contributed by atoms with Gasteiger partial charge in [0.2, 0.25) is 0 Å². The summed E-state index contributed by atoms with van der Waals surface area (Å²) in [5.74, 6) is -1.56. The summed E-state index contributed by atoms with van der Waals surface area (Å²) in [5, 5.41) is 15.5. The summed E-state index contributed by atoms with van der Waals surface area (Å²) in [6.45, 7) is 0. The molecule has 1 atom stereocenters. The van der Waals surface area contributed by atoms with Crippen LogP contribution in [-0.2, 0) is 11.8 Å². The van der Waals surface area contributed by atoms with Crippen molar-refractivity contribution < 1.29 is 14.7 Å². The van der Waals surface area contributed by atoms with Gasteiger partial charge in [-0.2, -0.15) is 5.10 Å². The SMILES string of the molecule is Cn1nc(C(=O)N[C@@H](CC(=O)O)c2ccccc2)ccc1=O. The molecule has 0 fully saturated rings. The standard InChI is InChI=1S/C15H15N3O4/c1-18-13(19)8-7-11(17-18)15(22)16-12(9-14(20)21)10-5-3-2-4-6-10/h2-8,12H,9H2,1H3,(H,16,22)(H,20,21)/t12-/m0/s1. The van der Waals surface area contributed by atoms with Gasteiger partial charge in [-0.15, -0.1) is 0 Å². The second-order valence-corrected chi connectivity index (χ2v) is 4.72. The highest BCUT2D eigenvalue weighted by Crippen LogP contribution is 2.16. The van der Waals surface area contributed by atoms with Crippen molar-refractivity contribution in [3.8, 4) is 0 Å². The Balaban J connectivity index is 2.22. The Bertz CT molecular complexity index is 740.